The third-order valence-electron chi connectivity index (χ3n) is 4.55. The van der Waals surface area contributed by atoms with Crippen LogP contribution in [0.5, 0.6) is 11.5 Å². The molecule has 0 fully saturated rings. The van der Waals surface area contributed by atoms with Gasteiger partial charge in [0.25, 0.3) is 5.91 Å². The van der Waals surface area contributed by atoms with Crippen molar-refractivity contribution in [3.8, 4) is 23.8 Å². The van der Waals surface area contributed by atoms with E-state index < -0.39 is 11.9 Å². The summed E-state index contributed by atoms with van der Waals surface area (Å²) in [6.45, 7) is 4.05. The fraction of sp³-hybridized carbons (Fsp3) is 0.192. The van der Waals surface area contributed by atoms with Gasteiger partial charge in [-0.1, -0.05) is 47.5 Å². The molecule has 1 amide bonds. The summed E-state index contributed by atoms with van der Waals surface area (Å²) in [5.74, 6) is 1.56. The predicted octanol–water partition coefficient (Wildman–Crippen LogP) is 5.45. The zero-order valence-electron chi connectivity index (χ0n) is 19.0. The van der Waals surface area contributed by atoms with E-state index in [-0.39, 0.29) is 40.2 Å². The van der Waals surface area contributed by atoms with E-state index in [0.717, 1.165) is 11.8 Å². The molecule has 2 aromatic rings. The number of terminal acetylenes is 1. The summed E-state index contributed by atoms with van der Waals surface area (Å²) < 4.78 is 16.2. The second-order valence-corrected chi connectivity index (χ2v) is 8.33. The Morgan fingerprint density at radius 3 is 2.60 bits per heavy atom. The number of hydrogen-bond acceptors (Lipinski definition) is 7. The molecule has 1 aliphatic heterocycles. The lowest BCUT2D eigenvalue weighted by molar-refractivity contribution is -0.138. The molecular formula is C26H22ClNO6S. The second kappa shape index (κ2) is 12.2. The van der Waals surface area contributed by atoms with E-state index in [1.165, 1.54) is 6.07 Å². The zero-order valence-corrected chi connectivity index (χ0v) is 20.6. The van der Waals surface area contributed by atoms with E-state index in [2.05, 4.69) is 10.9 Å². The fourth-order valence-corrected chi connectivity index (χ4v) is 4.28. The highest BCUT2D eigenvalue weighted by atomic mass is 35.5. The average molecular weight is 512 g/mol. The number of halogens is 1. The number of ether oxygens (including phenoxy) is 3. The monoisotopic (exact) mass is 511 g/mol. The molecule has 7 nitrogen and oxygen atoms in total. The number of carbonyl (C=O) groups is 2. The molecule has 2 aromatic carbocycles. The van der Waals surface area contributed by atoms with Gasteiger partial charge in [-0.25, -0.2) is 9.79 Å². The van der Waals surface area contributed by atoms with Gasteiger partial charge in [0.05, 0.1) is 28.7 Å². The normalized spacial score (nSPS) is 15.3. The van der Waals surface area contributed by atoms with Crippen LogP contribution in [0.3, 0.4) is 0 Å². The van der Waals surface area contributed by atoms with Gasteiger partial charge in [-0.05, 0) is 49.8 Å². The SMILES string of the molecule is C#CCOc1ccc(/C=C2\SC(=NC(=O)c3ccccc3Cl)C(C(=O)OCC)=C2O)cc1OCC. The van der Waals surface area contributed by atoms with Gasteiger partial charge in [0.1, 0.15) is 23.0 Å². The number of carbonyl (C=O) groups excluding carboxylic acids is 2. The van der Waals surface area contributed by atoms with Crippen molar-refractivity contribution in [3.05, 3.63) is 74.9 Å². The Bertz CT molecular complexity index is 1270. The Morgan fingerprint density at radius 2 is 1.91 bits per heavy atom. The van der Waals surface area contributed by atoms with Gasteiger partial charge < -0.3 is 19.3 Å². The molecule has 0 saturated carbocycles. The van der Waals surface area contributed by atoms with Crippen LogP contribution >= 0.6 is 23.4 Å². The Morgan fingerprint density at radius 1 is 1.14 bits per heavy atom. The van der Waals surface area contributed by atoms with Crippen LogP contribution < -0.4 is 9.47 Å². The van der Waals surface area contributed by atoms with Crippen LogP contribution in [0.1, 0.15) is 29.8 Å². The van der Waals surface area contributed by atoms with E-state index in [4.69, 9.17) is 32.2 Å². The number of aliphatic hydroxyl groups excluding tert-OH is 1. The third kappa shape index (κ3) is 6.27. The van der Waals surface area contributed by atoms with E-state index in [0.29, 0.717) is 28.6 Å². The predicted molar refractivity (Wildman–Crippen MR) is 137 cm³/mol. The first-order valence-corrected chi connectivity index (χ1v) is 11.8. The summed E-state index contributed by atoms with van der Waals surface area (Å²) in [6.07, 6.45) is 6.90. The number of nitrogens with zero attached hydrogens (tertiary/aromatic N) is 1. The number of benzene rings is 2. The lowest BCUT2D eigenvalue weighted by Crippen LogP contribution is -2.14. The fourth-order valence-electron chi connectivity index (χ4n) is 3.05. The van der Waals surface area contributed by atoms with Gasteiger partial charge in [-0.15, -0.1) is 6.42 Å². The topological polar surface area (TPSA) is 94.4 Å². The molecule has 0 aromatic heterocycles. The van der Waals surface area contributed by atoms with Crippen LogP contribution in [0.25, 0.3) is 6.08 Å². The van der Waals surface area contributed by atoms with E-state index in [1.807, 2.05) is 6.92 Å². The van der Waals surface area contributed by atoms with Crippen molar-refractivity contribution in [1.82, 2.24) is 0 Å². The smallest absolute Gasteiger partial charge is 0.344 e. The van der Waals surface area contributed by atoms with E-state index in [1.54, 1.807) is 49.4 Å². The van der Waals surface area contributed by atoms with Crippen LogP contribution in [-0.2, 0) is 9.53 Å². The van der Waals surface area contributed by atoms with Gasteiger partial charge >= 0.3 is 5.97 Å². The van der Waals surface area contributed by atoms with Crippen molar-refractivity contribution in [2.75, 3.05) is 19.8 Å². The minimum atomic E-state index is -0.792. The average Bonchev–Trinajstić information content (AvgIpc) is 3.13. The standard InChI is InChI=1S/C26H22ClNO6S/c1-4-13-34-19-12-11-16(14-20(19)32-5-2)15-21-23(29)22(26(31)33-6-3)25(35-21)28-24(30)17-9-7-8-10-18(17)27/h1,7-12,14-15,29H,5-6,13H2,2-3H3/b21-15-,28-25?. The Labute approximate surface area is 212 Å². The largest absolute Gasteiger partial charge is 0.506 e. The Kier molecular flexibility index (Phi) is 9.01. The molecule has 0 radical (unpaired) electrons. The van der Waals surface area contributed by atoms with Crippen molar-refractivity contribution in [2.24, 2.45) is 4.99 Å². The third-order valence-corrected chi connectivity index (χ3v) is 5.90. The molecule has 1 N–H and O–H groups in total. The van der Waals surface area contributed by atoms with Crippen molar-refractivity contribution >= 4 is 46.4 Å². The van der Waals surface area contributed by atoms with Crippen molar-refractivity contribution < 1.29 is 28.9 Å². The number of aliphatic imine (C=N–C) groups is 1. The quantitative estimate of drug-likeness (QED) is 0.372. The van der Waals surface area contributed by atoms with Gasteiger partial charge in [0.15, 0.2) is 11.5 Å². The van der Waals surface area contributed by atoms with Crippen molar-refractivity contribution in [3.63, 3.8) is 0 Å². The number of thioether (sulfide) groups is 1. The van der Waals surface area contributed by atoms with Crippen LogP contribution in [0.15, 0.2) is 63.7 Å². The minimum absolute atomic E-state index is 0.0103. The van der Waals surface area contributed by atoms with Crippen LogP contribution in [0.4, 0.5) is 0 Å². The second-order valence-electron chi connectivity index (χ2n) is 6.89. The summed E-state index contributed by atoms with van der Waals surface area (Å²) in [4.78, 5) is 29.7. The van der Waals surface area contributed by atoms with Crippen LogP contribution in [0, 0.1) is 12.3 Å². The van der Waals surface area contributed by atoms with E-state index in [9.17, 15) is 14.7 Å². The zero-order chi connectivity index (χ0) is 25.4. The van der Waals surface area contributed by atoms with Gasteiger partial charge in [-0.2, -0.15) is 0 Å². The van der Waals surface area contributed by atoms with Gasteiger partial charge in [-0.3, -0.25) is 4.79 Å². The van der Waals surface area contributed by atoms with Crippen LogP contribution in [0.2, 0.25) is 5.02 Å². The number of hydrogen-bond donors (Lipinski definition) is 1. The van der Waals surface area contributed by atoms with Gasteiger partial charge in [0, 0.05) is 0 Å². The molecule has 9 heteroatoms. The molecular weight excluding hydrogens is 490 g/mol. The summed E-state index contributed by atoms with van der Waals surface area (Å²) in [6, 6.07) is 11.6. The molecule has 3 rings (SSSR count). The van der Waals surface area contributed by atoms with Gasteiger partial charge in [0.2, 0.25) is 0 Å². The number of esters is 1. The summed E-state index contributed by atoms with van der Waals surface area (Å²) >= 11 is 7.07. The van der Waals surface area contributed by atoms with Crippen LogP contribution in [-0.4, -0.2) is 41.8 Å². The molecule has 0 unspecified atom stereocenters. The number of rotatable bonds is 8. The van der Waals surface area contributed by atoms with Crippen molar-refractivity contribution in [1.29, 1.82) is 0 Å². The molecule has 1 aliphatic rings. The summed E-state index contributed by atoms with van der Waals surface area (Å²) in [5, 5.41) is 11.1. The van der Waals surface area contributed by atoms with E-state index >= 15 is 0 Å². The minimum Gasteiger partial charge on any atom is -0.506 e. The molecule has 0 saturated heterocycles. The molecule has 0 bridgehead atoms. The molecule has 1 heterocycles. The molecule has 35 heavy (non-hydrogen) atoms. The molecule has 0 aliphatic carbocycles. The highest BCUT2D eigenvalue weighted by Crippen LogP contribution is 2.40. The maximum Gasteiger partial charge on any atom is 0.344 e. The lowest BCUT2D eigenvalue weighted by Gasteiger charge is -2.11. The highest BCUT2D eigenvalue weighted by molar-refractivity contribution is 8.18. The number of aliphatic hydroxyl groups is 1. The Hall–Kier alpha value is -3.67. The first-order valence-electron chi connectivity index (χ1n) is 10.6. The Balaban J connectivity index is 2.01. The maximum atomic E-state index is 12.8. The number of amides is 1. The maximum absolute atomic E-state index is 12.8. The molecule has 0 spiro atoms. The first kappa shape index (κ1) is 25.9. The summed E-state index contributed by atoms with van der Waals surface area (Å²) in [5.41, 5.74) is 0.631. The molecule has 0 atom stereocenters. The highest BCUT2D eigenvalue weighted by Gasteiger charge is 2.34. The van der Waals surface area contributed by atoms with Crippen molar-refractivity contribution in [2.45, 2.75) is 13.8 Å². The lowest BCUT2D eigenvalue weighted by atomic mass is 10.1. The summed E-state index contributed by atoms with van der Waals surface area (Å²) in [7, 11) is 0. The molecule has 180 valence electrons. The first-order chi connectivity index (χ1) is 16.9.